The van der Waals surface area contributed by atoms with Gasteiger partial charge in [-0.2, -0.15) is 0 Å². The Labute approximate surface area is 187 Å². The Morgan fingerprint density at radius 1 is 0.968 bits per heavy atom. The van der Waals surface area contributed by atoms with Crippen molar-refractivity contribution in [1.82, 2.24) is 4.90 Å². The Bertz CT molecular complexity index is 969. The maximum Gasteiger partial charge on any atom is 0.183 e. The summed E-state index contributed by atoms with van der Waals surface area (Å²) in [5.74, 6) is -0.577. The van der Waals surface area contributed by atoms with Gasteiger partial charge in [-0.3, -0.25) is 4.79 Å². The molecule has 1 aliphatic heterocycles. The largest absolute Gasteiger partial charge is 0.479 e. The number of ketones is 1. The zero-order chi connectivity index (χ0) is 23.3. The van der Waals surface area contributed by atoms with E-state index >= 15 is 0 Å². The van der Waals surface area contributed by atoms with Crippen LogP contribution in [-0.4, -0.2) is 76.8 Å². The molecule has 2 atom stereocenters. The number of sulfone groups is 2. The normalized spacial score (nSPS) is 21.7. The van der Waals surface area contributed by atoms with Crippen LogP contribution in [0.1, 0.15) is 51.0 Å². The molecule has 0 amide bonds. The Balaban J connectivity index is 2.40. The number of para-hydroxylation sites is 1. The molecule has 176 valence electrons. The molecular formula is C22H35NO6S2. The SMILES string of the molecule is CCN(CC)CCCC1(CCS(C)(=O)=O)Oc2ccccc2C(CCS(C)(=O)=O)C1=O. The highest BCUT2D eigenvalue weighted by molar-refractivity contribution is 7.90. The molecule has 1 heterocycles. The second-order valence-corrected chi connectivity index (χ2v) is 13.0. The molecule has 0 aromatic heterocycles. The van der Waals surface area contributed by atoms with Crippen LogP contribution < -0.4 is 4.74 Å². The molecule has 0 radical (unpaired) electrons. The van der Waals surface area contributed by atoms with Crippen molar-refractivity contribution >= 4 is 25.5 Å². The molecule has 1 aliphatic rings. The Hall–Kier alpha value is -1.45. The predicted molar refractivity (Wildman–Crippen MR) is 123 cm³/mol. The van der Waals surface area contributed by atoms with Gasteiger partial charge >= 0.3 is 0 Å². The molecule has 2 rings (SSSR count). The maximum atomic E-state index is 13.7. The number of fused-ring (bicyclic) bond motifs is 1. The molecule has 0 saturated carbocycles. The first kappa shape index (κ1) is 25.8. The molecule has 0 spiro atoms. The number of nitrogens with zero attached hydrogens (tertiary/aromatic N) is 1. The highest BCUT2D eigenvalue weighted by atomic mass is 32.2. The molecule has 1 aromatic carbocycles. The summed E-state index contributed by atoms with van der Waals surface area (Å²) in [6.45, 7) is 6.70. The minimum absolute atomic E-state index is 0.0621. The van der Waals surface area contributed by atoms with Crippen molar-refractivity contribution in [2.24, 2.45) is 0 Å². The molecule has 1 aromatic rings. The van der Waals surface area contributed by atoms with Gasteiger partial charge in [-0.05, 0) is 45.0 Å². The summed E-state index contributed by atoms with van der Waals surface area (Å²) in [4.78, 5) is 16.0. The minimum atomic E-state index is -3.30. The van der Waals surface area contributed by atoms with E-state index in [9.17, 15) is 21.6 Å². The Morgan fingerprint density at radius 3 is 2.16 bits per heavy atom. The van der Waals surface area contributed by atoms with Gasteiger partial charge in [0.15, 0.2) is 11.4 Å². The molecule has 0 saturated heterocycles. The van der Waals surface area contributed by atoms with Crippen molar-refractivity contribution in [2.75, 3.05) is 43.7 Å². The number of Topliss-reactive ketones (excluding diaryl/α,β-unsaturated/α-hetero) is 1. The van der Waals surface area contributed by atoms with Crippen LogP contribution in [0.15, 0.2) is 24.3 Å². The van der Waals surface area contributed by atoms with Crippen LogP contribution >= 0.6 is 0 Å². The quantitative estimate of drug-likeness (QED) is 0.460. The average Bonchev–Trinajstić information content (AvgIpc) is 2.68. The molecule has 0 N–H and O–H groups in total. The Kier molecular flexibility index (Phi) is 8.69. The average molecular weight is 474 g/mol. The summed E-state index contributed by atoms with van der Waals surface area (Å²) in [6.07, 6.45) is 3.60. The number of carbonyl (C=O) groups is 1. The monoisotopic (exact) mass is 473 g/mol. The van der Waals surface area contributed by atoms with E-state index in [0.717, 1.165) is 32.1 Å². The summed E-state index contributed by atoms with van der Waals surface area (Å²) >= 11 is 0. The summed E-state index contributed by atoms with van der Waals surface area (Å²) in [5.41, 5.74) is -0.595. The third-order valence-corrected chi connectivity index (χ3v) is 7.89. The van der Waals surface area contributed by atoms with Crippen LogP contribution in [0.25, 0.3) is 0 Å². The van der Waals surface area contributed by atoms with Gasteiger partial charge in [0.1, 0.15) is 25.4 Å². The van der Waals surface area contributed by atoms with Crippen molar-refractivity contribution in [3.8, 4) is 5.75 Å². The fourth-order valence-corrected chi connectivity index (χ4v) is 5.52. The van der Waals surface area contributed by atoms with Crippen LogP contribution in [-0.2, 0) is 24.5 Å². The van der Waals surface area contributed by atoms with E-state index in [1.165, 1.54) is 0 Å². The molecule has 9 heteroatoms. The van der Waals surface area contributed by atoms with Crippen molar-refractivity contribution in [3.05, 3.63) is 29.8 Å². The number of rotatable bonds is 12. The summed E-state index contributed by atoms with van der Waals surface area (Å²) in [5, 5.41) is 0. The Morgan fingerprint density at radius 2 is 1.58 bits per heavy atom. The van der Waals surface area contributed by atoms with Gasteiger partial charge in [-0.15, -0.1) is 0 Å². The van der Waals surface area contributed by atoms with Gasteiger partial charge in [-0.1, -0.05) is 32.0 Å². The van der Waals surface area contributed by atoms with Gasteiger partial charge in [-0.25, -0.2) is 16.8 Å². The van der Waals surface area contributed by atoms with Crippen molar-refractivity contribution in [3.63, 3.8) is 0 Å². The lowest BCUT2D eigenvalue weighted by molar-refractivity contribution is -0.139. The summed E-state index contributed by atoms with van der Waals surface area (Å²) in [6, 6.07) is 7.16. The standard InChI is InChI=1S/C22H35NO6S2/c1-5-23(6-2)15-9-13-22(14-17-31(4,27)28)21(24)19(12-16-30(3,25)26)18-10-7-8-11-20(18)29-22/h7-8,10-11,19H,5-6,9,12-17H2,1-4H3. The zero-order valence-corrected chi connectivity index (χ0v) is 20.6. The topological polar surface area (TPSA) is 97.8 Å². The first-order chi connectivity index (χ1) is 14.4. The van der Waals surface area contributed by atoms with Crippen molar-refractivity contribution in [1.29, 1.82) is 0 Å². The predicted octanol–water partition coefficient (Wildman–Crippen LogP) is 2.46. The molecule has 7 nitrogen and oxygen atoms in total. The van der Waals surface area contributed by atoms with Crippen LogP contribution in [0.4, 0.5) is 0 Å². The molecular weight excluding hydrogens is 438 g/mol. The molecule has 0 bridgehead atoms. The van der Waals surface area contributed by atoms with Crippen LogP contribution in [0, 0.1) is 0 Å². The third-order valence-electron chi connectivity index (χ3n) is 5.97. The highest BCUT2D eigenvalue weighted by Crippen LogP contribution is 2.43. The summed E-state index contributed by atoms with van der Waals surface area (Å²) in [7, 11) is -6.56. The maximum absolute atomic E-state index is 13.7. The fourth-order valence-electron chi connectivity index (χ4n) is 4.15. The van der Waals surface area contributed by atoms with Crippen molar-refractivity contribution in [2.45, 2.75) is 51.0 Å². The summed E-state index contributed by atoms with van der Waals surface area (Å²) < 4.78 is 53.7. The minimum Gasteiger partial charge on any atom is -0.479 e. The lowest BCUT2D eigenvalue weighted by Gasteiger charge is -2.41. The molecule has 0 fully saturated rings. The lowest BCUT2D eigenvalue weighted by atomic mass is 9.76. The van der Waals surface area contributed by atoms with E-state index in [-0.39, 0.29) is 30.1 Å². The van der Waals surface area contributed by atoms with Gasteiger partial charge in [0.05, 0.1) is 17.4 Å². The van der Waals surface area contributed by atoms with Crippen LogP contribution in [0.3, 0.4) is 0 Å². The van der Waals surface area contributed by atoms with E-state index in [2.05, 4.69) is 18.7 Å². The second kappa shape index (κ2) is 10.4. The lowest BCUT2D eigenvalue weighted by Crippen LogP contribution is -2.51. The first-order valence-electron chi connectivity index (χ1n) is 10.8. The number of carbonyl (C=O) groups excluding carboxylic acids is 1. The van der Waals surface area contributed by atoms with E-state index in [4.69, 9.17) is 4.74 Å². The van der Waals surface area contributed by atoms with Gasteiger partial charge < -0.3 is 9.64 Å². The number of ether oxygens (including phenoxy) is 1. The van der Waals surface area contributed by atoms with E-state index in [1.54, 1.807) is 24.3 Å². The van der Waals surface area contributed by atoms with E-state index < -0.39 is 31.2 Å². The number of hydrogen-bond donors (Lipinski definition) is 0. The number of hydrogen-bond acceptors (Lipinski definition) is 7. The number of benzene rings is 1. The molecule has 2 unspecified atom stereocenters. The van der Waals surface area contributed by atoms with E-state index in [0.29, 0.717) is 24.2 Å². The fraction of sp³-hybridized carbons (Fsp3) is 0.682. The van der Waals surface area contributed by atoms with Gasteiger partial charge in [0.25, 0.3) is 0 Å². The van der Waals surface area contributed by atoms with Gasteiger partial charge in [0.2, 0.25) is 0 Å². The van der Waals surface area contributed by atoms with Crippen molar-refractivity contribution < 1.29 is 26.4 Å². The second-order valence-electron chi connectivity index (χ2n) is 8.48. The zero-order valence-electron chi connectivity index (χ0n) is 19.0. The molecule has 31 heavy (non-hydrogen) atoms. The van der Waals surface area contributed by atoms with E-state index in [1.807, 2.05) is 0 Å². The van der Waals surface area contributed by atoms with Crippen LogP contribution in [0.5, 0.6) is 5.75 Å². The highest BCUT2D eigenvalue weighted by Gasteiger charge is 2.48. The first-order valence-corrected chi connectivity index (χ1v) is 14.9. The van der Waals surface area contributed by atoms with Crippen LogP contribution in [0.2, 0.25) is 0 Å². The molecule has 0 aliphatic carbocycles. The third kappa shape index (κ3) is 7.29. The smallest absolute Gasteiger partial charge is 0.183 e. The van der Waals surface area contributed by atoms with Gasteiger partial charge in [0, 0.05) is 24.5 Å².